The monoisotopic (exact) mass is 549 g/mol. The summed E-state index contributed by atoms with van der Waals surface area (Å²) in [6.07, 6.45) is 0.0791. The number of anilines is 3. The Bertz CT molecular complexity index is 1170. The maximum absolute atomic E-state index is 12.6. The minimum Gasteiger partial charge on any atom is -0.466 e. The first-order valence-electron chi connectivity index (χ1n) is 12.7. The van der Waals surface area contributed by atoms with Gasteiger partial charge in [-0.1, -0.05) is 61.2 Å². The lowest BCUT2D eigenvalue weighted by Crippen LogP contribution is -2.34. The van der Waals surface area contributed by atoms with Crippen LogP contribution in [0, 0.1) is 0 Å². The smallest absolute Gasteiger partial charge is 0.365 e. The third-order valence-electron chi connectivity index (χ3n) is 6.04. The highest BCUT2D eigenvalue weighted by Crippen LogP contribution is 2.76. The van der Waals surface area contributed by atoms with Crippen molar-refractivity contribution >= 4 is 48.2 Å². The topological polar surface area (TPSA) is 66.1 Å². The van der Waals surface area contributed by atoms with Crippen LogP contribution < -0.4 is 20.0 Å². The third-order valence-corrected chi connectivity index (χ3v) is 9.98. The van der Waals surface area contributed by atoms with Crippen LogP contribution >= 0.6 is 20.0 Å². The maximum atomic E-state index is 12.6. The summed E-state index contributed by atoms with van der Waals surface area (Å²) in [7, 11) is -2.74. The van der Waals surface area contributed by atoms with E-state index >= 15 is 0 Å². The number of carbonyl (C=O) groups excluding carboxylic acids is 1. The fraction of sp³-hybridized carbons (Fsp3) is 0.241. The molecule has 0 aromatic heterocycles. The molecule has 1 aliphatic heterocycles. The van der Waals surface area contributed by atoms with Gasteiger partial charge in [0.25, 0.3) is 0 Å². The molecule has 198 valence electrons. The summed E-state index contributed by atoms with van der Waals surface area (Å²) in [6.45, 7) is 8.87. The molecule has 1 fully saturated rings. The first-order chi connectivity index (χ1) is 18.5. The highest BCUT2D eigenvalue weighted by Gasteiger charge is 2.61. The number of hydrogen-bond acceptors (Lipinski definition) is 6. The predicted octanol–water partition coefficient (Wildman–Crippen LogP) is 6.25. The van der Waals surface area contributed by atoms with E-state index in [1.54, 1.807) is 0 Å². The molecule has 1 saturated heterocycles. The molecule has 0 spiro atoms. The number of carbonyl (C=O) groups is 1. The number of thiocarbonyl (C=S) groups is 1. The zero-order valence-corrected chi connectivity index (χ0v) is 23.3. The molecule has 2 N–H and O–H groups in total. The average molecular weight is 550 g/mol. The second-order valence-corrected chi connectivity index (χ2v) is 11.9. The molecule has 7 nitrogen and oxygen atoms in total. The Labute approximate surface area is 231 Å². The van der Waals surface area contributed by atoms with E-state index in [1.807, 2.05) is 73.7 Å². The zero-order valence-electron chi connectivity index (χ0n) is 21.6. The van der Waals surface area contributed by atoms with Gasteiger partial charge < -0.3 is 15.4 Å². The fourth-order valence-corrected chi connectivity index (χ4v) is 8.37. The number of para-hydroxylation sites is 3. The van der Waals surface area contributed by atoms with Gasteiger partial charge >= 0.3 is 13.8 Å². The lowest BCUT2D eigenvalue weighted by atomic mass is 10.3. The molecule has 1 heterocycles. The van der Waals surface area contributed by atoms with Gasteiger partial charge in [-0.25, -0.2) is 0 Å². The van der Waals surface area contributed by atoms with Crippen LogP contribution in [0.25, 0.3) is 0 Å². The lowest BCUT2D eigenvalue weighted by molar-refractivity contribution is -0.142. The summed E-state index contributed by atoms with van der Waals surface area (Å²) in [4.78, 5) is 12.6. The van der Waals surface area contributed by atoms with Crippen molar-refractivity contribution in [1.29, 1.82) is 0 Å². The number of nitrogens with zero attached hydrogens (tertiary/aromatic N) is 2. The van der Waals surface area contributed by atoms with E-state index in [0.717, 1.165) is 30.2 Å². The van der Waals surface area contributed by atoms with Crippen molar-refractivity contribution in [2.75, 3.05) is 47.5 Å². The van der Waals surface area contributed by atoms with Crippen LogP contribution in [-0.4, -0.2) is 43.9 Å². The summed E-state index contributed by atoms with van der Waals surface area (Å²) in [6, 6.07) is 30.1. The van der Waals surface area contributed by atoms with Crippen molar-refractivity contribution in [3.05, 3.63) is 103 Å². The highest BCUT2D eigenvalue weighted by molar-refractivity contribution is 7.80. The van der Waals surface area contributed by atoms with Gasteiger partial charge in [0.05, 0.1) is 31.1 Å². The Balaban J connectivity index is 1.60. The Morgan fingerprint density at radius 2 is 1.45 bits per heavy atom. The van der Waals surface area contributed by atoms with E-state index in [1.165, 1.54) is 0 Å². The van der Waals surface area contributed by atoms with Gasteiger partial charge in [-0.05, 0) is 55.5 Å². The molecule has 0 radical (unpaired) electrons. The van der Waals surface area contributed by atoms with Crippen molar-refractivity contribution in [2.24, 2.45) is 0 Å². The van der Waals surface area contributed by atoms with Gasteiger partial charge in [-0.2, -0.15) is 13.9 Å². The number of rotatable bonds is 11. The molecule has 0 bridgehead atoms. The number of hydrogen-bond donors (Lipinski definition) is 2. The van der Waals surface area contributed by atoms with Crippen molar-refractivity contribution in [2.45, 2.75) is 13.3 Å². The van der Waals surface area contributed by atoms with Crippen molar-refractivity contribution < 1.29 is 14.1 Å². The average Bonchev–Trinajstić information content (AvgIpc) is 3.33. The first kappa shape index (κ1) is 27.6. The van der Waals surface area contributed by atoms with Gasteiger partial charge in [0.15, 0.2) is 10.4 Å². The Kier molecular flexibility index (Phi) is 9.71. The minimum absolute atomic E-state index is 0.0791. The molecule has 0 unspecified atom stereocenters. The summed E-state index contributed by atoms with van der Waals surface area (Å²) >= 11 is 5.48. The van der Waals surface area contributed by atoms with Crippen LogP contribution in [0.4, 0.5) is 17.1 Å². The Hall–Kier alpha value is -3.45. The van der Waals surface area contributed by atoms with Gasteiger partial charge in [0, 0.05) is 12.2 Å². The fourth-order valence-electron chi connectivity index (χ4n) is 4.45. The zero-order chi connectivity index (χ0) is 26.8. The van der Waals surface area contributed by atoms with E-state index in [-0.39, 0.29) is 12.4 Å². The van der Waals surface area contributed by atoms with E-state index in [2.05, 4.69) is 50.8 Å². The lowest BCUT2D eigenvalue weighted by Gasteiger charge is -2.36. The summed E-state index contributed by atoms with van der Waals surface area (Å²) < 4.78 is 16.7. The highest BCUT2D eigenvalue weighted by atomic mass is 32.1. The Morgan fingerprint density at radius 1 is 0.921 bits per heavy atom. The molecule has 3 aromatic carbocycles. The number of nitrogens with one attached hydrogen (secondary N) is 2. The SMILES string of the molecule is C=C(CC(=O)OCC)[P+]1(OCCNC(=S)Nc2ccccc2)N(c2ccccc2)CCN1c1ccccc1. The normalized spacial score (nSPS) is 14.1. The Morgan fingerprint density at radius 3 is 1.97 bits per heavy atom. The van der Waals surface area contributed by atoms with Crippen LogP contribution in [0.5, 0.6) is 0 Å². The molecule has 3 aromatic rings. The molecule has 4 rings (SSSR count). The van der Waals surface area contributed by atoms with Gasteiger partial charge in [0.1, 0.15) is 13.0 Å². The minimum atomic E-state index is -2.74. The van der Waals surface area contributed by atoms with E-state index < -0.39 is 7.79 Å². The summed E-state index contributed by atoms with van der Waals surface area (Å²) in [5.74, 6) is -0.306. The van der Waals surface area contributed by atoms with Crippen LogP contribution in [0.2, 0.25) is 0 Å². The van der Waals surface area contributed by atoms with Crippen LogP contribution in [0.15, 0.2) is 103 Å². The molecular weight excluding hydrogens is 515 g/mol. The molecule has 0 aliphatic carbocycles. The predicted molar refractivity (Wildman–Crippen MR) is 162 cm³/mol. The standard InChI is InChI=1S/C29H33N4O3PS/c1-3-35-28(34)23-24(2)37(36-22-19-30-29(38)31-25-13-7-4-8-14-25)32(26-15-9-5-10-16-26)20-21-33(37)27-17-11-6-12-18-27/h4-18H,2-3,19-23H2,1H3,(H-,30,31,38)/p+1. The molecule has 38 heavy (non-hydrogen) atoms. The van der Waals surface area contributed by atoms with Crippen molar-refractivity contribution in [1.82, 2.24) is 5.32 Å². The maximum Gasteiger partial charge on any atom is 0.365 e. The molecule has 0 atom stereocenters. The summed E-state index contributed by atoms with van der Waals surface area (Å²) in [5, 5.41) is 7.65. The molecular formula is C29H34N4O3PS+. The number of ether oxygens (including phenoxy) is 1. The quantitative estimate of drug-likeness (QED) is 0.126. The number of benzene rings is 3. The second kappa shape index (κ2) is 13.4. The second-order valence-electron chi connectivity index (χ2n) is 8.59. The molecule has 1 aliphatic rings. The molecule has 0 saturated carbocycles. The third kappa shape index (κ3) is 6.51. The van der Waals surface area contributed by atoms with Crippen LogP contribution in [0.1, 0.15) is 13.3 Å². The molecule has 9 heteroatoms. The van der Waals surface area contributed by atoms with Gasteiger partial charge in [-0.3, -0.25) is 4.79 Å². The van der Waals surface area contributed by atoms with Gasteiger partial charge in [-0.15, -0.1) is 0 Å². The number of esters is 1. The molecule has 0 amide bonds. The first-order valence-corrected chi connectivity index (χ1v) is 14.7. The summed E-state index contributed by atoms with van der Waals surface area (Å²) in [5.41, 5.74) is 2.97. The van der Waals surface area contributed by atoms with Crippen molar-refractivity contribution in [3.63, 3.8) is 0 Å². The van der Waals surface area contributed by atoms with Crippen LogP contribution in [-0.2, 0) is 14.1 Å². The van der Waals surface area contributed by atoms with E-state index in [4.69, 9.17) is 21.5 Å². The van der Waals surface area contributed by atoms with Crippen molar-refractivity contribution in [3.8, 4) is 0 Å². The largest absolute Gasteiger partial charge is 0.466 e. The van der Waals surface area contributed by atoms with E-state index in [0.29, 0.717) is 30.2 Å². The van der Waals surface area contributed by atoms with E-state index in [9.17, 15) is 4.79 Å². The van der Waals surface area contributed by atoms with Gasteiger partial charge in [0.2, 0.25) is 0 Å². The van der Waals surface area contributed by atoms with Crippen LogP contribution in [0.3, 0.4) is 0 Å².